The van der Waals surface area contributed by atoms with Crippen LogP contribution in [0.25, 0.3) is 10.9 Å². The van der Waals surface area contributed by atoms with Crippen molar-refractivity contribution in [3.05, 3.63) is 57.5 Å². The van der Waals surface area contributed by atoms with Gasteiger partial charge in [0.15, 0.2) is 11.6 Å². The molecule has 0 aliphatic heterocycles. The number of amides is 1. The minimum atomic E-state index is -0.612. The predicted molar refractivity (Wildman–Crippen MR) is 132 cm³/mol. The van der Waals surface area contributed by atoms with Gasteiger partial charge in [0, 0.05) is 28.9 Å². The Morgan fingerprint density at radius 2 is 1.79 bits per heavy atom. The Morgan fingerprint density at radius 3 is 2.30 bits per heavy atom. The number of hydrogen-bond donors (Lipinski definition) is 0. The van der Waals surface area contributed by atoms with Gasteiger partial charge in [0.25, 0.3) is 5.91 Å². The van der Waals surface area contributed by atoms with Gasteiger partial charge in [-0.2, -0.15) is 0 Å². The van der Waals surface area contributed by atoms with Gasteiger partial charge in [-0.15, -0.1) is 0 Å². The maximum absolute atomic E-state index is 14.8. The average molecular weight is 493 g/mol. The number of carbonyl (C=O) groups is 2. The predicted octanol–water partition coefficient (Wildman–Crippen LogP) is 6.92. The molecule has 0 bridgehead atoms. The fraction of sp³-hybridized carbons (Fsp3) is 0.360. The summed E-state index contributed by atoms with van der Waals surface area (Å²) in [6, 6.07) is 7.41. The fourth-order valence-electron chi connectivity index (χ4n) is 4.00. The zero-order valence-corrected chi connectivity index (χ0v) is 21.0. The van der Waals surface area contributed by atoms with Gasteiger partial charge < -0.3 is 9.64 Å². The molecule has 0 aliphatic carbocycles. The van der Waals surface area contributed by atoms with Crippen LogP contribution in [0.2, 0.25) is 10.0 Å². The van der Waals surface area contributed by atoms with Gasteiger partial charge in [0.2, 0.25) is 5.91 Å². The molecular formula is C25H27Cl2FN2O3. The van der Waals surface area contributed by atoms with E-state index in [2.05, 4.69) is 0 Å². The monoisotopic (exact) mass is 492 g/mol. The topological polar surface area (TPSA) is 51.5 Å². The summed E-state index contributed by atoms with van der Waals surface area (Å²) in [7, 11) is 1.37. The zero-order valence-electron chi connectivity index (χ0n) is 19.5. The van der Waals surface area contributed by atoms with Crippen molar-refractivity contribution in [1.82, 2.24) is 4.57 Å². The molecule has 0 spiro atoms. The Hall–Kier alpha value is -2.57. The first-order chi connectivity index (χ1) is 15.5. The van der Waals surface area contributed by atoms with E-state index in [1.807, 2.05) is 34.6 Å². The van der Waals surface area contributed by atoms with Gasteiger partial charge in [-0.05, 0) is 37.1 Å². The summed E-state index contributed by atoms with van der Waals surface area (Å²) in [5, 5.41) is 1.13. The molecule has 0 fully saturated rings. The van der Waals surface area contributed by atoms with Crippen molar-refractivity contribution in [2.24, 2.45) is 5.92 Å². The number of ether oxygens (including phenoxy) is 1. The molecule has 0 atom stereocenters. The van der Waals surface area contributed by atoms with Crippen LogP contribution in [-0.4, -0.2) is 30.0 Å². The number of fused-ring (bicyclic) bond motifs is 1. The van der Waals surface area contributed by atoms with E-state index in [9.17, 15) is 14.0 Å². The van der Waals surface area contributed by atoms with Gasteiger partial charge >= 0.3 is 0 Å². The summed E-state index contributed by atoms with van der Waals surface area (Å²) < 4.78 is 21.5. The molecule has 0 saturated carbocycles. The van der Waals surface area contributed by atoms with Crippen LogP contribution in [0.3, 0.4) is 0 Å². The van der Waals surface area contributed by atoms with Crippen LogP contribution in [0.15, 0.2) is 30.3 Å². The molecule has 0 radical (unpaired) electrons. The van der Waals surface area contributed by atoms with Crippen LogP contribution in [0, 0.1) is 11.7 Å². The first kappa shape index (κ1) is 25.1. The summed E-state index contributed by atoms with van der Waals surface area (Å²) >= 11 is 12.4. The molecule has 1 aromatic heterocycles. The number of anilines is 1. The molecule has 1 amide bonds. The largest absolute Gasteiger partial charge is 0.494 e. The lowest BCUT2D eigenvalue weighted by Gasteiger charge is -2.26. The maximum atomic E-state index is 14.8. The number of nitrogens with zero attached hydrogens (tertiary/aromatic N) is 2. The minimum Gasteiger partial charge on any atom is -0.494 e. The number of hydrogen-bond acceptors (Lipinski definition) is 3. The van der Waals surface area contributed by atoms with Crippen molar-refractivity contribution in [1.29, 1.82) is 0 Å². The van der Waals surface area contributed by atoms with Crippen molar-refractivity contribution in [2.75, 3.05) is 18.6 Å². The van der Waals surface area contributed by atoms with Crippen LogP contribution in [0.1, 0.15) is 56.6 Å². The van der Waals surface area contributed by atoms with Crippen molar-refractivity contribution in [3.63, 3.8) is 0 Å². The SMILES string of the molecule is CCN(C(=O)C(C)C)c1c(C(C)C)n(C(=O)c2ccc(Cl)cc2Cl)c2cc(F)c(OC)cc12. The Labute approximate surface area is 203 Å². The van der Waals surface area contributed by atoms with E-state index in [4.69, 9.17) is 27.9 Å². The van der Waals surface area contributed by atoms with Crippen molar-refractivity contribution >= 4 is 51.6 Å². The van der Waals surface area contributed by atoms with Crippen molar-refractivity contribution in [2.45, 2.75) is 40.5 Å². The van der Waals surface area contributed by atoms with E-state index in [0.717, 1.165) is 0 Å². The number of benzene rings is 2. The van der Waals surface area contributed by atoms with Crippen LogP contribution in [0.4, 0.5) is 10.1 Å². The molecule has 176 valence electrons. The smallest absolute Gasteiger partial charge is 0.264 e. The highest BCUT2D eigenvalue weighted by atomic mass is 35.5. The Balaban J connectivity index is 2.47. The van der Waals surface area contributed by atoms with E-state index in [0.29, 0.717) is 33.9 Å². The molecule has 0 unspecified atom stereocenters. The molecule has 2 aromatic carbocycles. The highest BCUT2D eigenvalue weighted by Crippen LogP contribution is 2.42. The standard InChI is InChI=1S/C25H27Cl2FN2O3/c1-7-29(24(31)14(4)5)23-17-11-21(33-6)19(28)12-20(17)30(22(23)13(2)3)25(32)16-9-8-15(26)10-18(16)27/h8-14H,7H2,1-6H3. The van der Waals surface area contributed by atoms with Crippen LogP contribution < -0.4 is 9.64 Å². The summed E-state index contributed by atoms with van der Waals surface area (Å²) in [5.41, 5.74) is 1.71. The normalized spacial score (nSPS) is 11.5. The second-order valence-electron chi connectivity index (χ2n) is 8.39. The van der Waals surface area contributed by atoms with Crippen LogP contribution >= 0.6 is 23.2 Å². The minimum absolute atomic E-state index is 0.0289. The first-order valence-electron chi connectivity index (χ1n) is 10.8. The van der Waals surface area contributed by atoms with Crippen molar-refractivity contribution < 1.29 is 18.7 Å². The van der Waals surface area contributed by atoms with E-state index < -0.39 is 11.7 Å². The lowest BCUT2D eigenvalue weighted by molar-refractivity contribution is -0.121. The third kappa shape index (κ3) is 4.46. The Morgan fingerprint density at radius 1 is 1.12 bits per heavy atom. The van der Waals surface area contributed by atoms with Gasteiger partial charge in [-0.1, -0.05) is 50.9 Å². The highest BCUT2D eigenvalue weighted by Gasteiger charge is 2.31. The summed E-state index contributed by atoms with van der Waals surface area (Å²) in [5.74, 6) is -1.56. The molecule has 33 heavy (non-hydrogen) atoms. The number of carbonyl (C=O) groups excluding carboxylic acids is 2. The molecule has 0 aliphatic rings. The van der Waals surface area contributed by atoms with Gasteiger partial charge in [-0.3, -0.25) is 14.2 Å². The third-order valence-electron chi connectivity index (χ3n) is 5.51. The molecule has 1 heterocycles. The van der Waals surface area contributed by atoms with Gasteiger partial charge in [0.05, 0.1) is 34.6 Å². The molecule has 0 N–H and O–H groups in total. The summed E-state index contributed by atoms with van der Waals surface area (Å²) in [4.78, 5) is 28.6. The lowest BCUT2D eigenvalue weighted by Crippen LogP contribution is -2.35. The highest BCUT2D eigenvalue weighted by molar-refractivity contribution is 6.37. The zero-order chi connectivity index (χ0) is 24.6. The molecular weight excluding hydrogens is 466 g/mol. The molecule has 8 heteroatoms. The third-order valence-corrected chi connectivity index (χ3v) is 6.06. The van der Waals surface area contributed by atoms with E-state index in [-0.39, 0.29) is 34.1 Å². The van der Waals surface area contributed by atoms with Gasteiger partial charge in [0.1, 0.15) is 0 Å². The molecule has 5 nitrogen and oxygen atoms in total. The number of rotatable bonds is 6. The van der Waals surface area contributed by atoms with E-state index >= 15 is 0 Å². The van der Waals surface area contributed by atoms with Crippen LogP contribution in [-0.2, 0) is 4.79 Å². The van der Waals surface area contributed by atoms with Gasteiger partial charge in [-0.25, -0.2) is 4.39 Å². The summed E-state index contributed by atoms with van der Waals surface area (Å²) in [6.45, 7) is 9.73. The van der Waals surface area contributed by atoms with Crippen molar-refractivity contribution in [3.8, 4) is 5.75 Å². The first-order valence-corrected chi connectivity index (χ1v) is 11.5. The summed E-state index contributed by atoms with van der Waals surface area (Å²) in [6.07, 6.45) is 0. The number of halogens is 3. The second-order valence-corrected chi connectivity index (χ2v) is 9.24. The maximum Gasteiger partial charge on any atom is 0.264 e. The molecule has 3 aromatic rings. The number of aromatic nitrogens is 1. The number of methoxy groups -OCH3 is 1. The fourth-order valence-corrected chi connectivity index (χ4v) is 4.49. The second kappa shape index (κ2) is 9.74. The molecule has 3 rings (SSSR count). The van der Waals surface area contributed by atoms with E-state index in [1.54, 1.807) is 17.0 Å². The quantitative estimate of drug-likeness (QED) is 0.375. The average Bonchev–Trinajstić information content (AvgIpc) is 3.07. The lowest BCUT2D eigenvalue weighted by atomic mass is 10.0. The van der Waals surface area contributed by atoms with E-state index in [1.165, 1.54) is 29.9 Å². The molecule has 0 saturated heterocycles. The Bertz CT molecular complexity index is 1230. The van der Waals surface area contributed by atoms with Crippen LogP contribution in [0.5, 0.6) is 5.75 Å². The Kier molecular flexibility index (Phi) is 7.39.